The first-order valence-electron chi connectivity index (χ1n) is 10.3. The zero-order valence-electron chi connectivity index (χ0n) is 18.4. The smallest absolute Gasteiger partial charge is 0.253 e. The highest BCUT2D eigenvalue weighted by Gasteiger charge is 2.27. The summed E-state index contributed by atoms with van der Waals surface area (Å²) in [5.41, 5.74) is 3.57. The molecule has 2 amide bonds. The van der Waals surface area contributed by atoms with Crippen LogP contribution in [0.5, 0.6) is 5.75 Å². The average molecular weight is 414 g/mol. The third-order valence-corrected chi connectivity index (χ3v) is 5.36. The topological polar surface area (TPSA) is 79.7 Å². The van der Waals surface area contributed by atoms with Gasteiger partial charge in [-0.15, -0.1) is 0 Å². The van der Waals surface area contributed by atoms with E-state index in [1.54, 1.807) is 25.1 Å². The Bertz CT molecular complexity index is 921. The van der Waals surface area contributed by atoms with Crippen LogP contribution in [-0.4, -0.2) is 66.8 Å². The van der Waals surface area contributed by atoms with Gasteiger partial charge in [-0.25, -0.2) is 0 Å². The number of hydrogen-bond acceptors (Lipinski definition) is 5. The molecule has 0 saturated carbocycles. The van der Waals surface area contributed by atoms with Crippen molar-refractivity contribution in [2.24, 2.45) is 0 Å². The number of fused-ring (bicyclic) bond motifs is 1. The predicted octanol–water partition coefficient (Wildman–Crippen LogP) is 2.00. The first-order chi connectivity index (χ1) is 14.3. The van der Waals surface area contributed by atoms with Crippen molar-refractivity contribution < 1.29 is 14.3 Å². The number of ether oxygens (including phenoxy) is 1. The number of aromatic nitrogens is 2. The molecule has 1 aromatic carbocycles. The fourth-order valence-electron chi connectivity index (χ4n) is 3.64. The lowest BCUT2D eigenvalue weighted by Gasteiger charge is -2.35. The lowest BCUT2D eigenvalue weighted by atomic mass is 10.1. The largest absolute Gasteiger partial charge is 0.489 e. The molecule has 2 aromatic rings. The van der Waals surface area contributed by atoms with Gasteiger partial charge in [-0.2, -0.15) is 5.10 Å². The number of carbonyl (C=O) groups excluding carboxylic acids is 2. The maximum absolute atomic E-state index is 12.4. The molecule has 0 saturated heterocycles. The van der Waals surface area contributed by atoms with E-state index in [0.29, 0.717) is 25.1 Å². The maximum Gasteiger partial charge on any atom is 0.253 e. The van der Waals surface area contributed by atoms with E-state index in [0.717, 1.165) is 35.8 Å². The highest BCUT2D eigenvalue weighted by Crippen LogP contribution is 2.34. The van der Waals surface area contributed by atoms with Gasteiger partial charge in [0.2, 0.25) is 5.91 Å². The van der Waals surface area contributed by atoms with E-state index in [9.17, 15) is 9.59 Å². The summed E-state index contributed by atoms with van der Waals surface area (Å²) in [5, 5.41) is 7.43. The van der Waals surface area contributed by atoms with Gasteiger partial charge in [0, 0.05) is 45.5 Å². The van der Waals surface area contributed by atoms with Crippen LogP contribution in [0, 0.1) is 13.8 Å². The van der Waals surface area contributed by atoms with Gasteiger partial charge in [-0.05, 0) is 44.5 Å². The molecular weight excluding hydrogens is 382 g/mol. The molecule has 162 valence electrons. The maximum atomic E-state index is 12.4. The molecule has 8 nitrogen and oxygen atoms in total. The summed E-state index contributed by atoms with van der Waals surface area (Å²) < 4.78 is 7.81. The van der Waals surface area contributed by atoms with Crippen LogP contribution in [0.4, 0.5) is 5.69 Å². The minimum Gasteiger partial charge on any atom is -0.489 e. The van der Waals surface area contributed by atoms with Crippen molar-refractivity contribution in [3.63, 3.8) is 0 Å². The average Bonchev–Trinajstić information content (AvgIpc) is 3.03. The molecular formula is C22H31N5O3. The van der Waals surface area contributed by atoms with Crippen molar-refractivity contribution in [3.8, 4) is 5.75 Å². The highest BCUT2D eigenvalue weighted by molar-refractivity contribution is 5.95. The summed E-state index contributed by atoms with van der Waals surface area (Å²) in [6.07, 6.45) is 1.16. The normalized spacial score (nSPS) is 15.4. The van der Waals surface area contributed by atoms with E-state index >= 15 is 0 Å². The van der Waals surface area contributed by atoms with Gasteiger partial charge in [0.05, 0.1) is 23.8 Å². The Labute approximate surface area is 177 Å². The van der Waals surface area contributed by atoms with Crippen molar-refractivity contribution in [3.05, 3.63) is 41.2 Å². The molecule has 3 rings (SSSR count). The number of nitrogens with one attached hydrogen (secondary N) is 1. The molecule has 2 heterocycles. The first-order valence-corrected chi connectivity index (χ1v) is 10.3. The van der Waals surface area contributed by atoms with Crippen molar-refractivity contribution in [1.29, 1.82) is 0 Å². The number of amides is 2. The minimum atomic E-state index is -0.0850. The molecule has 1 aromatic heterocycles. The van der Waals surface area contributed by atoms with E-state index in [-0.39, 0.29) is 17.9 Å². The van der Waals surface area contributed by atoms with Crippen molar-refractivity contribution in [2.45, 2.75) is 39.3 Å². The number of likely N-dealkylation sites (N-methyl/N-ethyl adjacent to an activating group) is 1. The van der Waals surface area contributed by atoms with E-state index < -0.39 is 0 Å². The van der Waals surface area contributed by atoms with Gasteiger partial charge < -0.3 is 19.9 Å². The lowest BCUT2D eigenvalue weighted by Crippen LogP contribution is -2.44. The number of carbonyl (C=O) groups is 2. The zero-order valence-corrected chi connectivity index (χ0v) is 18.4. The molecule has 1 atom stereocenters. The van der Waals surface area contributed by atoms with Gasteiger partial charge >= 0.3 is 0 Å². The minimum absolute atomic E-state index is 0.00668. The quantitative estimate of drug-likeness (QED) is 0.703. The molecule has 1 N–H and O–H groups in total. The number of hydrogen-bond donors (Lipinski definition) is 1. The third-order valence-electron chi connectivity index (χ3n) is 5.36. The molecule has 1 aliphatic heterocycles. The second-order valence-electron chi connectivity index (χ2n) is 8.02. The fourth-order valence-corrected chi connectivity index (χ4v) is 3.64. The van der Waals surface area contributed by atoms with E-state index in [1.807, 2.05) is 48.7 Å². The summed E-state index contributed by atoms with van der Waals surface area (Å²) in [6.45, 7) is 5.83. The standard InChI is InChI=1S/C22H31N5O3/c1-15-11-16(2)27(24-15)10-6-9-23-21(28)13-18-14-30-20-8-7-17(22(29)25(3)4)12-19(20)26(18)5/h7-8,11-12,18H,6,9-10,13-14H2,1-5H3,(H,23,28)/t18-/m0/s1. The summed E-state index contributed by atoms with van der Waals surface area (Å²) in [6, 6.07) is 7.38. The Morgan fingerprint density at radius 3 is 2.70 bits per heavy atom. The van der Waals surface area contributed by atoms with Crippen LogP contribution in [-0.2, 0) is 11.3 Å². The molecule has 1 aliphatic rings. The van der Waals surface area contributed by atoms with Crippen LogP contribution in [0.2, 0.25) is 0 Å². The Balaban J connectivity index is 1.52. The van der Waals surface area contributed by atoms with Crippen LogP contribution < -0.4 is 15.0 Å². The van der Waals surface area contributed by atoms with Crippen LogP contribution in [0.15, 0.2) is 24.3 Å². The zero-order chi connectivity index (χ0) is 21.8. The molecule has 0 spiro atoms. The summed E-state index contributed by atoms with van der Waals surface area (Å²) in [5.74, 6) is 0.663. The van der Waals surface area contributed by atoms with Gasteiger partial charge in [-0.1, -0.05) is 0 Å². The Morgan fingerprint density at radius 1 is 1.27 bits per heavy atom. The van der Waals surface area contributed by atoms with Gasteiger partial charge in [0.1, 0.15) is 12.4 Å². The number of nitrogens with zero attached hydrogens (tertiary/aromatic N) is 4. The monoisotopic (exact) mass is 413 g/mol. The summed E-state index contributed by atoms with van der Waals surface area (Å²) >= 11 is 0. The van der Waals surface area contributed by atoms with Crippen LogP contribution >= 0.6 is 0 Å². The van der Waals surface area contributed by atoms with Crippen molar-refractivity contribution in [1.82, 2.24) is 20.0 Å². The predicted molar refractivity (Wildman–Crippen MR) is 116 cm³/mol. The van der Waals surface area contributed by atoms with Gasteiger partial charge in [-0.3, -0.25) is 14.3 Å². The first kappa shape index (κ1) is 21.7. The molecule has 30 heavy (non-hydrogen) atoms. The van der Waals surface area contributed by atoms with Crippen LogP contribution in [0.3, 0.4) is 0 Å². The SMILES string of the molecule is Cc1cc(C)n(CCCNC(=O)C[C@H]2COc3ccc(C(=O)N(C)C)cc3N2C)n1. The van der Waals surface area contributed by atoms with E-state index in [1.165, 1.54) is 0 Å². The van der Waals surface area contributed by atoms with E-state index in [2.05, 4.69) is 10.4 Å². The lowest BCUT2D eigenvalue weighted by molar-refractivity contribution is -0.121. The number of anilines is 1. The highest BCUT2D eigenvalue weighted by atomic mass is 16.5. The Hall–Kier alpha value is -3.03. The van der Waals surface area contributed by atoms with Crippen LogP contribution in [0.25, 0.3) is 0 Å². The number of aryl methyl sites for hydroxylation is 3. The summed E-state index contributed by atoms with van der Waals surface area (Å²) in [4.78, 5) is 28.3. The summed E-state index contributed by atoms with van der Waals surface area (Å²) in [7, 11) is 5.39. The second-order valence-corrected chi connectivity index (χ2v) is 8.02. The number of rotatable bonds is 7. The van der Waals surface area contributed by atoms with Gasteiger partial charge in [0.25, 0.3) is 5.91 Å². The molecule has 0 aliphatic carbocycles. The van der Waals surface area contributed by atoms with Crippen LogP contribution in [0.1, 0.15) is 34.6 Å². The Kier molecular flexibility index (Phi) is 6.64. The molecule has 0 fully saturated rings. The van der Waals surface area contributed by atoms with Crippen molar-refractivity contribution in [2.75, 3.05) is 39.2 Å². The molecule has 0 radical (unpaired) electrons. The molecule has 0 unspecified atom stereocenters. The van der Waals surface area contributed by atoms with E-state index in [4.69, 9.17) is 4.74 Å². The second kappa shape index (κ2) is 9.19. The van der Waals surface area contributed by atoms with Gasteiger partial charge in [0.15, 0.2) is 0 Å². The fraction of sp³-hybridized carbons (Fsp3) is 0.500. The molecule has 8 heteroatoms. The molecule has 0 bridgehead atoms. The van der Waals surface area contributed by atoms with Crippen molar-refractivity contribution >= 4 is 17.5 Å². The third kappa shape index (κ3) is 4.93. The number of benzene rings is 1. The Morgan fingerprint density at radius 2 is 2.03 bits per heavy atom.